The summed E-state index contributed by atoms with van der Waals surface area (Å²) in [6.45, 7) is 1.91. The molecule has 0 heterocycles. The SMILES string of the molecule is Cc1ccc(NS(=O)(=O)c2ccc3c(c2)CCCC3)c(Cl)c1. The van der Waals surface area contributed by atoms with Crippen molar-refractivity contribution in [1.82, 2.24) is 0 Å². The second kappa shape index (κ2) is 5.94. The summed E-state index contributed by atoms with van der Waals surface area (Å²) in [5, 5.41) is 0.404. The largest absolute Gasteiger partial charge is 0.278 e. The van der Waals surface area contributed by atoms with Crippen LogP contribution >= 0.6 is 11.6 Å². The molecule has 0 saturated carbocycles. The summed E-state index contributed by atoms with van der Waals surface area (Å²) in [6.07, 6.45) is 4.28. The van der Waals surface area contributed by atoms with Gasteiger partial charge in [-0.1, -0.05) is 23.7 Å². The molecule has 22 heavy (non-hydrogen) atoms. The highest BCUT2D eigenvalue weighted by Crippen LogP contribution is 2.28. The third-order valence-electron chi connectivity index (χ3n) is 4.00. The molecule has 116 valence electrons. The molecule has 3 nitrogen and oxygen atoms in total. The number of benzene rings is 2. The molecule has 0 amide bonds. The molecular weight excluding hydrogens is 318 g/mol. The Morgan fingerprint density at radius 1 is 1.00 bits per heavy atom. The first-order valence-corrected chi connectivity index (χ1v) is 9.22. The maximum atomic E-state index is 12.6. The Hall–Kier alpha value is -1.52. The average Bonchev–Trinajstić information content (AvgIpc) is 2.49. The zero-order chi connectivity index (χ0) is 15.7. The van der Waals surface area contributed by atoms with E-state index in [0.29, 0.717) is 15.6 Å². The lowest BCUT2D eigenvalue weighted by atomic mass is 9.92. The van der Waals surface area contributed by atoms with Crippen molar-refractivity contribution in [3.05, 3.63) is 58.1 Å². The topological polar surface area (TPSA) is 46.2 Å². The number of rotatable bonds is 3. The molecule has 1 N–H and O–H groups in total. The fraction of sp³-hybridized carbons (Fsp3) is 0.294. The number of hydrogen-bond acceptors (Lipinski definition) is 2. The Bertz CT molecular complexity index is 815. The first-order valence-electron chi connectivity index (χ1n) is 7.36. The highest BCUT2D eigenvalue weighted by atomic mass is 35.5. The normalized spacial score (nSPS) is 14.5. The lowest BCUT2D eigenvalue weighted by Crippen LogP contribution is -2.14. The smallest absolute Gasteiger partial charge is 0.261 e. The Labute approximate surface area is 136 Å². The van der Waals surface area contributed by atoms with E-state index in [9.17, 15) is 8.42 Å². The molecule has 5 heteroatoms. The fourth-order valence-electron chi connectivity index (χ4n) is 2.78. The molecule has 0 bridgehead atoms. The molecule has 0 aliphatic heterocycles. The number of fused-ring (bicyclic) bond motifs is 1. The molecule has 1 aliphatic rings. The van der Waals surface area contributed by atoms with E-state index in [1.165, 1.54) is 12.0 Å². The van der Waals surface area contributed by atoms with Crippen molar-refractivity contribution >= 4 is 27.3 Å². The number of hydrogen-bond donors (Lipinski definition) is 1. The van der Waals surface area contributed by atoms with Gasteiger partial charge in [-0.05, 0) is 73.6 Å². The molecule has 0 radical (unpaired) electrons. The molecule has 0 atom stereocenters. The maximum absolute atomic E-state index is 12.6. The average molecular weight is 336 g/mol. The third-order valence-corrected chi connectivity index (χ3v) is 5.68. The molecule has 0 aromatic heterocycles. The van der Waals surface area contributed by atoms with E-state index in [-0.39, 0.29) is 0 Å². The predicted octanol–water partition coefficient (Wildman–Crippen LogP) is 4.33. The molecular formula is C17H18ClNO2S. The van der Waals surface area contributed by atoms with E-state index in [1.807, 2.05) is 19.1 Å². The third kappa shape index (κ3) is 3.13. The minimum Gasteiger partial charge on any atom is -0.278 e. The number of sulfonamides is 1. The molecule has 0 saturated heterocycles. The van der Waals surface area contributed by atoms with Crippen molar-refractivity contribution in [2.75, 3.05) is 4.72 Å². The van der Waals surface area contributed by atoms with Crippen molar-refractivity contribution in [3.63, 3.8) is 0 Å². The minimum atomic E-state index is -3.62. The van der Waals surface area contributed by atoms with Gasteiger partial charge in [-0.2, -0.15) is 0 Å². The molecule has 0 fully saturated rings. The van der Waals surface area contributed by atoms with Crippen LogP contribution in [0, 0.1) is 6.92 Å². The van der Waals surface area contributed by atoms with Gasteiger partial charge < -0.3 is 0 Å². The monoisotopic (exact) mass is 335 g/mol. The summed E-state index contributed by atoms with van der Waals surface area (Å²) >= 11 is 6.11. The summed E-state index contributed by atoms with van der Waals surface area (Å²) in [7, 11) is -3.62. The molecule has 1 aliphatic carbocycles. The number of nitrogens with one attached hydrogen (secondary N) is 1. The van der Waals surface area contributed by atoms with Crippen LogP contribution in [-0.2, 0) is 22.9 Å². The van der Waals surface area contributed by atoms with Crippen LogP contribution in [0.15, 0.2) is 41.3 Å². The van der Waals surface area contributed by atoms with Gasteiger partial charge in [-0.15, -0.1) is 0 Å². The molecule has 2 aromatic rings. The second-order valence-corrected chi connectivity index (χ2v) is 7.82. The standard InChI is InChI=1S/C17H18ClNO2S/c1-12-6-9-17(16(18)10-12)19-22(20,21)15-8-7-13-4-2-3-5-14(13)11-15/h6-11,19H,2-5H2,1H3. The van der Waals surface area contributed by atoms with Gasteiger partial charge in [0.05, 0.1) is 15.6 Å². The highest BCUT2D eigenvalue weighted by Gasteiger charge is 2.18. The van der Waals surface area contributed by atoms with Gasteiger partial charge in [0.1, 0.15) is 0 Å². The summed E-state index contributed by atoms with van der Waals surface area (Å²) in [5.74, 6) is 0. The number of anilines is 1. The second-order valence-electron chi connectivity index (χ2n) is 5.73. The van der Waals surface area contributed by atoms with Gasteiger partial charge in [0.15, 0.2) is 0 Å². The Kier molecular flexibility index (Phi) is 4.15. The quantitative estimate of drug-likeness (QED) is 0.907. The van der Waals surface area contributed by atoms with Crippen LogP contribution in [0.25, 0.3) is 0 Å². The predicted molar refractivity (Wildman–Crippen MR) is 90.1 cm³/mol. The molecule has 0 unspecified atom stereocenters. The Balaban J connectivity index is 1.92. The van der Waals surface area contributed by atoms with Crippen LogP contribution in [0.1, 0.15) is 29.5 Å². The Morgan fingerprint density at radius 2 is 1.73 bits per heavy atom. The summed E-state index contributed by atoms with van der Waals surface area (Å²) in [5.41, 5.74) is 3.80. The molecule has 3 rings (SSSR count). The van der Waals surface area contributed by atoms with Gasteiger partial charge in [0.25, 0.3) is 10.0 Å². The van der Waals surface area contributed by atoms with Crippen LogP contribution in [0.2, 0.25) is 5.02 Å². The van der Waals surface area contributed by atoms with E-state index in [2.05, 4.69) is 4.72 Å². The van der Waals surface area contributed by atoms with Gasteiger partial charge in [-0.3, -0.25) is 4.72 Å². The van der Waals surface area contributed by atoms with Crippen molar-refractivity contribution in [1.29, 1.82) is 0 Å². The molecule has 0 spiro atoms. The van der Waals surface area contributed by atoms with Gasteiger partial charge >= 0.3 is 0 Å². The lowest BCUT2D eigenvalue weighted by molar-refractivity contribution is 0.600. The Morgan fingerprint density at radius 3 is 2.45 bits per heavy atom. The molecule has 2 aromatic carbocycles. The maximum Gasteiger partial charge on any atom is 0.261 e. The van der Waals surface area contributed by atoms with Crippen LogP contribution in [-0.4, -0.2) is 8.42 Å². The zero-order valence-corrected chi connectivity index (χ0v) is 14.0. The zero-order valence-electron chi connectivity index (χ0n) is 12.4. The highest BCUT2D eigenvalue weighted by molar-refractivity contribution is 7.92. The summed E-state index contributed by atoms with van der Waals surface area (Å²) < 4.78 is 27.7. The van der Waals surface area contributed by atoms with E-state index in [4.69, 9.17) is 11.6 Å². The van der Waals surface area contributed by atoms with E-state index in [1.54, 1.807) is 24.3 Å². The van der Waals surface area contributed by atoms with Crippen molar-refractivity contribution in [2.24, 2.45) is 0 Å². The summed E-state index contributed by atoms with van der Waals surface area (Å²) in [6, 6.07) is 10.7. The van der Waals surface area contributed by atoms with E-state index < -0.39 is 10.0 Å². The first kappa shape index (κ1) is 15.4. The van der Waals surface area contributed by atoms with Gasteiger partial charge in [-0.25, -0.2) is 8.42 Å². The van der Waals surface area contributed by atoms with Crippen LogP contribution in [0.3, 0.4) is 0 Å². The van der Waals surface area contributed by atoms with Crippen molar-refractivity contribution in [3.8, 4) is 0 Å². The summed E-state index contributed by atoms with van der Waals surface area (Å²) in [4.78, 5) is 0.296. The van der Waals surface area contributed by atoms with Crippen LogP contribution < -0.4 is 4.72 Å². The minimum absolute atomic E-state index is 0.296. The van der Waals surface area contributed by atoms with E-state index >= 15 is 0 Å². The van der Waals surface area contributed by atoms with Crippen LogP contribution in [0.5, 0.6) is 0 Å². The van der Waals surface area contributed by atoms with Crippen molar-refractivity contribution < 1.29 is 8.42 Å². The first-order chi connectivity index (χ1) is 10.5. The van der Waals surface area contributed by atoms with Gasteiger partial charge in [0.2, 0.25) is 0 Å². The van der Waals surface area contributed by atoms with Crippen molar-refractivity contribution in [2.45, 2.75) is 37.5 Å². The fourth-order valence-corrected chi connectivity index (χ4v) is 4.25. The van der Waals surface area contributed by atoms with Gasteiger partial charge in [0, 0.05) is 0 Å². The van der Waals surface area contributed by atoms with E-state index in [0.717, 1.165) is 30.4 Å². The lowest BCUT2D eigenvalue weighted by Gasteiger charge is -2.17. The number of halogens is 1. The van der Waals surface area contributed by atoms with Crippen LogP contribution in [0.4, 0.5) is 5.69 Å². The number of aryl methyl sites for hydroxylation is 3.